The molecule has 0 atom stereocenters. The lowest BCUT2D eigenvalue weighted by Gasteiger charge is -2.29. The summed E-state index contributed by atoms with van der Waals surface area (Å²) >= 11 is 0. The van der Waals surface area contributed by atoms with Gasteiger partial charge in [-0.3, -0.25) is 4.79 Å². The highest BCUT2D eigenvalue weighted by atomic mass is 32.2. The first kappa shape index (κ1) is 25.3. The van der Waals surface area contributed by atoms with Gasteiger partial charge >= 0.3 is 0 Å². The number of hydrogen-bond donors (Lipinski definition) is 2. The molecule has 0 bridgehead atoms. The second-order valence-electron chi connectivity index (χ2n) is 9.59. The maximum atomic E-state index is 13.6. The minimum atomic E-state index is -3.82. The zero-order valence-corrected chi connectivity index (χ0v) is 22.1. The first-order chi connectivity index (χ1) is 18.8. The number of nitrogens with zero attached hydrogens (tertiary/aromatic N) is 4. The summed E-state index contributed by atoms with van der Waals surface area (Å²) in [4.78, 5) is 24.5. The van der Waals surface area contributed by atoms with Crippen molar-refractivity contribution in [3.8, 4) is 22.7 Å². The van der Waals surface area contributed by atoms with Gasteiger partial charge in [-0.2, -0.15) is 0 Å². The molecule has 11 nitrogen and oxygen atoms in total. The van der Waals surface area contributed by atoms with Gasteiger partial charge in [0.1, 0.15) is 4.90 Å². The highest BCUT2D eigenvalue weighted by Crippen LogP contribution is 2.31. The Bertz CT molecular complexity index is 1710. The zero-order chi connectivity index (χ0) is 27.1. The van der Waals surface area contributed by atoms with E-state index in [4.69, 9.17) is 15.2 Å². The molecule has 2 fully saturated rings. The largest absolute Gasteiger partial charge is 0.480 e. The van der Waals surface area contributed by atoms with Gasteiger partial charge < -0.3 is 20.1 Å². The smallest absolute Gasteiger partial charge is 0.267 e. The first-order valence-electron chi connectivity index (χ1n) is 12.7. The van der Waals surface area contributed by atoms with E-state index in [2.05, 4.69) is 19.6 Å². The molecule has 1 saturated heterocycles. The van der Waals surface area contributed by atoms with Crippen LogP contribution >= 0.6 is 0 Å². The number of fused-ring (bicyclic) bond motifs is 1. The predicted octanol–water partition coefficient (Wildman–Crippen LogP) is 2.32. The highest BCUT2D eigenvalue weighted by molar-refractivity contribution is 7.89. The topological polar surface area (TPSA) is 142 Å². The van der Waals surface area contributed by atoms with Crippen LogP contribution in [0.3, 0.4) is 0 Å². The van der Waals surface area contributed by atoms with Gasteiger partial charge in [0.2, 0.25) is 21.9 Å². The predicted molar refractivity (Wildman–Crippen MR) is 148 cm³/mol. The van der Waals surface area contributed by atoms with Crippen molar-refractivity contribution in [2.45, 2.75) is 23.8 Å². The van der Waals surface area contributed by atoms with Gasteiger partial charge in [-0.05, 0) is 60.9 Å². The maximum absolute atomic E-state index is 13.6. The second kappa shape index (κ2) is 9.95. The van der Waals surface area contributed by atoms with Crippen LogP contribution in [0.4, 0.5) is 11.6 Å². The lowest BCUT2D eigenvalue weighted by atomic mass is 10.1. The molecule has 4 aromatic rings. The van der Waals surface area contributed by atoms with Crippen LogP contribution < -0.4 is 25.7 Å². The average Bonchev–Trinajstić information content (AvgIpc) is 3.77. The maximum Gasteiger partial charge on any atom is 0.267 e. The van der Waals surface area contributed by atoms with Gasteiger partial charge in [-0.25, -0.2) is 27.7 Å². The van der Waals surface area contributed by atoms with Gasteiger partial charge in [0.15, 0.2) is 0 Å². The molecular formula is C27H28N6O5S. The van der Waals surface area contributed by atoms with Crippen molar-refractivity contribution in [2.75, 3.05) is 44.0 Å². The average molecular weight is 549 g/mol. The SMILES string of the molecule is COc1ncc(-c2ccc3nc(N)n(-c4ccc(N5CCOCC5)cc4)c(=O)c3c2)cc1S(=O)(=O)NC1CC1. The minimum absolute atomic E-state index is 0.00464. The molecule has 0 spiro atoms. The van der Waals surface area contributed by atoms with E-state index in [1.807, 2.05) is 24.3 Å². The van der Waals surface area contributed by atoms with E-state index in [-0.39, 0.29) is 28.3 Å². The van der Waals surface area contributed by atoms with Crippen LogP contribution in [-0.2, 0) is 14.8 Å². The van der Waals surface area contributed by atoms with E-state index in [0.717, 1.165) is 31.6 Å². The number of nitrogen functional groups attached to an aromatic ring is 1. The van der Waals surface area contributed by atoms with Gasteiger partial charge in [0.05, 0.1) is 36.9 Å². The second-order valence-corrected chi connectivity index (χ2v) is 11.3. The zero-order valence-electron chi connectivity index (χ0n) is 21.3. The van der Waals surface area contributed by atoms with Crippen molar-refractivity contribution in [1.82, 2.24) is 19.3 Å². The van der Waals surface area contributed by atoms with Gasteiger partial charge in [-0.1, -0.05) is 6.07 Å². The van der Waals surface area contributed by atoms with Crippen molar-refractivity contribution in [3.05, 3.63) is 65.1 Å². The van der Waals surface area contributed by atoms with Crippen LogP contribution in [0.1, 0.15) is 12.8 Å². The van der Waals surface area contributed by atoms with E-state index in [0.29, 0.717) is 40.9 Å². The number of nitrogens with one attached hydrogen (secondary N) is 1. The molecule has 6 rings (SSSR count). The standard InChI is InChI=1S/C27H28N6O5S/c1-37-25-24(39(35,36)31-19-3-4-19)15-18(16-29-25)17-2-9-23-22(14-17)26(34)33(27(28)30-23)21-7-5-20(6-8-21)32-10-12-38-13-11-32/h2,5-9,14-16,19,31H,3-4,10-13H2,1H3,(H2,28,30). The number of morpholine rings is 1. The molecule has 0 radical (unpaired) electrons. The Labute approximate surface area is 225 Å². The number of benzene rings is 2. The van der Waals surface area contributed by atoms with Crippen molar-refractivity contribution in [3.63, 3.8) is 0 Å². The number of nitrogens with two attached hydrogens (primary N) is 1. The van der Waals surface area contributed by atoms with E-state index < -0.39 is 10.0 Å². The van der Waals surface area contributed by atoms with Crippen LogP contribution in [0, 0.1) is 0 Å². The Hall–Kier alpha value is -4.00. The molecule has 3 heterocycles. The fraction of sp³-hybridized carbons (Fsp3) is 0.296. The first-order valence-corrected chi connectivity index (χ1v) is 14.1. The fourth-order valence-electron chi connectivity index (χ4n) is 4.69. The van der Waals surface area contributed by atoms with Crippen LogP contribution in [0.2, 0.25) is 0 Å². The number of aromatic nitrogens is 3. The number of pyridine rings is 1. The Morgan fingerprint density at radius 1 is 1.03 bits per heavy atom. The summed E-state index contributed by atoms with van der Waals surface area (Å²) in [6.45, 7) is 2.97. The number of hydrogen-bond acceptors (Lipinski definition) is 9. The van der Waals surface area contributed by atoms with E-state index in [9.17, 15) is 13.2 Å². The molecule has 202 valence electrons. The minimum Gasteiger partial charge on any atom is -0.480 e. The summed E-state index contributed by atoms with van der Waals surface area (Å²) in [5.74, 6) is 0.0787. The summed E-state index contributed by atoms with van der Waals surface area (Å²) in [5.41, 5.74) is 9.10. The van der Waals surface area contributed by atoms with E-state index in [1.165, 1.54) is 23.9 Å². The van der Waals surface area contributed by atoms with Crippen molar-refractivity contribution in [2.24, 2.45) is 0 Å². The lowest BCUT2D eigenvalue weighted by molar-refractivity contribution is 0.122. The molecule has 2 aliphatic rings. The summed E-state index contributed by atoms with van der Waals surface area (Å²) in [6, 6.07) is 14.2. The molecular weight excluding hydrogens is 520 g/mol. The Morgan fingerprint density at radius 2 is 1.74 bits per heavy atom. The Morgan fingerprint density at radius 3 is 2.44 bits per heavy atom. The molecule has 0 unspecified atom stereocenters. The third-order valence-corrected chi connectivity index (χ3v) is 8.43. The van der Waals surface area contributed by atoms with Gasteiger partial charge in [0, 0.05) is 36.6 Å². The molecule has 2 aromatic carbocycles. The Kier molecular flexibility index (Phi) is 6.45. The molecule has 39 heavy (non-hydrogen) atoms. The van der Waals surface area contributed by atoms with Crippen LogP contribution in [-0.4, -0.2) is 62.4 Å². The quantitative estimate of drug-likeness (QED) is 0.356. The van der Waals surface area contributed by atoms with Crippen LogP contribution in [0.15, 0.2) is 64.4 Å². The number of sulfonamides is 1. The van der Waals surface area contributed by atoms with Gasteiger partial charge in [-0.15, -0.1) is 0 Å². The molecule has 1 saturated carbocycles. The van der Waals surface area contributed by atoms with Crippen molar-refractivity contribution >= 4 is 32.6 Å². The molecule has 12 heteroatoms. The highest BCUT2D eigenvalue weighted by Gasteiger charge is 2.30. The number of rotatable bonds is 7. The summed E-state index contributed by atoms with van der Waals surface area (Å²) in [6.07, 6.45) is 3.12. The van der Waals surface area contributed by atoms with Crippen molar-refractivity contribution in [1.29, 1.82) is 0 Å². The molecule has 3 N–H and O–H groups in total. The van der Waals surface area contributed by atoms with Crippen LogP contribution in [0.5, 0.6) is 5.88 Å². The molecule has 0 amide bonds. The monoisotopic (exact) mass is 548 g/mol. The van der Waals surface area contributed by atoms with Crippen molar-refractivity contribution < 1.29 is 17.9 Å². The fourth-order valence-corrected chi connectivity index (χ4v) is 6.14. The summed E-state index contributed by atoms with van der Waals surface area (Å²) < 4.78 is 40.6. The molecule has 2 aromatic heterocycles. The molecule has 1 aliphatic carbocycles. The summed E-state index contributed by atoms with van der Waals surface area (Å²) in [5, 5.41) is 0.343. The lowest BCUT2D eigenvalue weighted by Crippen LogP contribution is -2.36. The van der Waals surface area contributed by atoms with E-state index in [1.54, 1.807) is 18.2 Å². The third kappa shape index (κ3) is 4.93. The summed E-state index contributed by atoms with van der Waals surface area (Å²) in [7, 11) is -2.45. The normalized spacial score (nSPS) is 16.0. The van der Waals surface area contributed by atoms with E-state index >= 15 is 0 Å². The molecule has 1 aliphatic heterocycles. The Balaban J connectivity index is 1.39. The third-order valence-electron chi connectivity index (χ3n) is 6.91. The van der Waals surface area contributed by atoms with Gasteiger partial charge in [0.25, 0.3) is 5.56 Å². The number of anilines is 2. The number of ether oxygens (including phenoxy) is 2. The van der Waals surface area contributed by atoms with Crippen LogP contribution in [0.25, 0.3) is 27.7 Å². The number of methoxy groups -OCH3 is 1.